The molecule has 1 saturated heterocycles. The number of piperidine rings is 1. The zero-order valence-corrected chi connectivity index (χ0v) is 17.0. The molecule has 0 bridgehead atoms. The molecule has 0 atom stereocenters. The van der Waals surface area contributed by atoms with Crippen LogP contribution >= 0.6 is 0 Å². The van der Waals surface area contributed by atoms with Crippen molar-refractivity contribution in [3.63, 3.8) is 0 Å². The van der Waals surface area contributed by atoms with Crippen LogP contribution in [0.3, 0.4) is 0 Å². The molecule has 0 radical (unpaired) electrons. The van der Waals surface area contributed by atoms with Gasteiger partial charge in [-0.05, 0) is 38.3 Å². The Balaban J connectivity index is 2.17. The van der Waals surface area contributed by atoms with E-state index in [0.29, 0.717) is 51.3 Å². The van der Waals surface area contributed by atoms with Crippen molar-refractivity contribution >= 4 is 16.1 Å². The van der Waals surface area contributed by atoms with E-state index < -0.39 is 15.6 Å². The van der Waals surface area contributed by atoms with Crippen LogP contribution in [0.5, 0.6) is 5.75 Å². The predicted octanol–water partition coefficient (Wildman–Crippen LogP) is 1.57. The zero-order valence-electron chi connectivity index (χ0n) is 16.2. The fraction of sp³-hybridized carbons (Fsp3) is 0.611. The van der Waals surface area contributed by atoms with E-state index in [9.17, 15) is 13.2 Å². The number of benzene rings is 1. The van der Waals surface area contributed by atoms with Gasteiger partial charge in [0.15, 0.2) is 0 Å². The van der Waals surface area contributed by atoms with Gasteiger partial charge >= 0.3 is 6.03 Å². The molecule has 0 unspecified atom stereocenters. The first-order valence-electron chi connectivity index (χ1n) is 9.05. The second-order valence-electron chi connectivity index (χ2n) is 6.63. The van der Waals surface area contributed by atoms with Gasteiger partial charge in [-0.1, -0.05) is 6.07 Å². The van der Waals surface area contributed by atoms with Crippen molar-refractivity contribution in [1.29, 1.82) is 0 Å². The van der Waals surface area contributed by atoms with Crippen LogP contribution in [-0.2, 0) is 14.8 Å². The number of urea groups is 1. The monoisotopic (exact) mass is 399 g/mol. The van der Waals surface area contributed by atoms with Crippen molar-refractivity contribution in [2.45, 2.75) is 36.6 Å². The number of amides is 2. The summed E-state index contributed by atoms with van der Waals surface area (Å²) in [5, 5.41) is 2.78. The van der Waals surface area contributed by atoms with E-state index in [2.05, 4.69) is 10.0 Å². The number of rotatable bonds is 8. The van der Waals surface area contributed by atoms with Gasteiger partial charge in [0.25, 0.3) is 0 Å². The standard InChI is InChI=1S/C18H29N3O5S/c1-4-19-17(22)21-11-8-18(9-12-21,10-13-25-2)20-27(23,24)16-7-5-6-15(14-16)26-3/h5-7,14,20H,4,8-13H2,1-3H3,(H,19,22). The quantitative estimate of drug-likeness (QED) is 0.692. The van der Waals surface area contributed by atoms with Crippen molar-refractivity contribution < 1.29 is 22.7 Å². The molecule has 152 valence electrons. The summed E-state index contributed by atoms with van der Waals surface area (Å²) in [7, 11) is -0.646. The predicted molar refractivity (Wildman–Crippen MR) is 102 cm³/mol. The molecule has 9 heteroatoms. The summed E-state index contributed by atoms with van der Waals surface area (Å²) in [4.78, 5) is 13.9. The number of nitrogens with one attached hydrogen (secondary N) is 2. The van der Waals surface area contributed by atoms with Crippen LogP contribution in [0.15, 0.2) is 29.2 Å². The van der Waals surface area contributed by atoms with Crippen LogP contribution in [0, 0.1) is 0 Å². The molecular weight excluding hydrogens is 370 g/mol. The Morgan fingerprint density at radius 1 is 1.26 bits per heavy atom. The van der Waals surface area contributed by atoms with Crippen molar-refractivity contribution in [3.05, 3.63) is 24.3 Å². The molecule has 1 fully saturated rings. The van der Waals surface area contributed by atoms with Crippen molar-refractivity contribution in [2.24, 2.45) is 0 Å². The molecule has 0 saturated carbocycles. The summed E-state index contributed by atoms with van der Waals surface area (Å²) >= 11 is 0. The molecule has 1 heterocycles. The smallest absolute Gasteiger partial charge is 0.317 e. The first-order valence-corrected chi connectivity index (χ1v) is 10.5. The Hall–Kier alpha value is -1.84. The molecule has 0 spiro atoms. The van der Waals surface area contributed by atoms with E-state index in [4.69, 9.17) is 9.47 Å². The van der Waals surface area contributed by atoms with E-state index in [0.717, 1.165) is 0 Å². The highest BCUT2D eigenvalue weighted by atomic mass is 32.2. The van der Waals surface area contributed by atoms with Crippen LogP contribution in [-0.4, -0.2) is 65.3 Å². The van der Waals surface area contributed by atoms with Gasteiger partial charge in [-0.25, -0.2) is 17.9 Å². The highest BCUT2D eigenvalue weighted by molar-refractivity contribution is 7.89. The molecule has 2 N–H and O–H groups in total. The second-order valence-corrected chi connectivity index (χ2v) is 8.31. The first-order chi connectivity index (χ1) is 12.9. The summed E-state index contributed by atoms with van der Waals surface area (Å²) in [6.45, 7) is 3.83. The lowest BCUT2D eigenvalue weighted by Gasteiger charge is -2.42. The number of sulfonamides is 1. The van der Waals surface area contributed by atoms with Crippen LogP contribution in [0.25, 0.3) is 0 Å². The molecule has 0 aromatic heterocycles. The van der Waals surface area contributed by atoms with E-state index in [-0.39, 0.29) is 10.9 Å². The van der Waals surface area contributed by atoms with E-state index in [1.807, 2.05) is 6.92 Å². The number of hydrogen-bond acceptors (Lipinski definition) is 5. The summed E-state index contributed by atoms with van der Waals surface area (Å²) < 4.78 is 39.1. The maximum absolute atomic E-state index is 13.0. The van der Waals surface area contributed by atoms with Gasteiger partial charge in [0.1, 0.15) is 5.75 Å². The van der Waals surface area contributed by atoms with Crippen molar-refractivity contribution in [1.82, 2.24) is 14.9 Å². The number of carbonyl (C=O) groups is 1. The first kappa shape index (κ1) is 21.5. The lowest BCUT2D eigenvalue weighted by atomic mass is 9.86. The average Bonchev–Trinajstić information content (AvgIpc) is 2.67. The number of carbonyl (C=O) groups excluding carboxylic acids is 1. The third kappa shape index (κ3) is 5.57. The molecule has 1 aromatic rings. The van der Waals surface area contributed by atoms with E-state index in [1.165, 1.54) is 13.2 Å². The number of nitrogens with zero attached hydrogens (tertiary/aromatic N) is 1. The van der Waals surface area contributed by atoms with Crippen LogP contribution in [0.2, 0.25) is 0 Å². The Morgan fingerprint density at radius 3 is 2.56 bits per heavy atom. The number of hydrogen-bond donors (Lipinski definition) is 2. The Morgan fingerprint density at radius 2 is 1.96 bits per heavy atom. The average molecular weight is 400 g/mol. The summed E-state index contributed by atoms with van der Waals surface area (Å²) in [6.07, 6.45) is 1.59. The molecule has 27 heavy (non-hydrogen) atoms. The maximum atomic E-state index is 13.0. The lowest BCUT2D eigenvalue weighted by Crippen LogP contribution is -2.57. The maximum Gasteiger partial charge on any atom is 0.317 e. The van der Waals surface area contributed by atoms with Gasteiger partial charge in [-0.3, -0.25) is 0 Å². The Bertz CT molecular complexity index is 730. The molecule has 1 aliphatic heterocycles. The number of methoxy groups -OCH3 is 2. The molecule has 1 aromatic carbocycles. The third-order valence-corrected chi connectivity index (χ3v) is 6.40. The molecule has 1 aliphatic rings. The SMILES string of the molecule is CCNC(=O)N1CCC(CCOC)(NS(=O)(=O)c2cccc(OC)c2)CC1. The van der Waals surface area contributed by atoms with Crippen LogP contribution in [0.1, 0.15) is 26.2 Å². The van der Waals surface area contributed by atoms with E-state index in [1.54, 1.807) is 30.2 Å². The zero-order chi connectivity index (χ0) is 19.9. The second kappa shape index (κ2) is 9.38. The topological polar surface area (TPSA) is 97.0 Å². The van der Waals surface area contributed by atoms with Crippen molar-refractivity contribution in [2.75, 3.05) is 40.5 Å². The van der Waals surface area contributed by atoms with Crippen molar-refractivity contribution in [3.8, 4) is 5.75 Å². The minimum absolute atomic E-state index is 0.117. The van der Waals surface area contributed by atoms with Gasteiger partial charge in [0, 0.05) is 45.0 Å². The lowest BCUT2D eigenvalue weighted by molar-refractivity contribution is 0.115. The summed E-state index contributed by atoms with van der Waals surface area (Å²) in [5.41, 5.74) is -0.652. The highest BCUT2D eigenvalue weighted by Crippen LogP contribution is 2.29. The number of ether oxygens (including phenoxy) is 2. The largest absolute Gasteiger partial charge is 0.497 e. The van der Waals surface area contributed by atoms with Gasteiger partial charge < -0.3 is 19.7 Å². The molecule has 2 amide bonds. The summed E-state index contributed by atoms with van der Waals surface area (Å²) in [6, 6.07) is 6.26. The van der Waals surface area contributed by atoms with Crippen LogP contribution < -0.4 is 14.8 Å². The third-order valence-electron chi connectivity index (χ3n) is 4.82. The summed E-state index contributed by atoms with van der Waals surface area (Å²) in [5.74, 6) is 0.481. The Labute approximate surface area is 161 Å². The van der Waals surface area contributed by atoms with E-state index >= 15 is 0 Å². The number of likely N-dealkylation sites (tertiary alicyclic amines) is 1. The fourth-order valence-electron chi connectivity index (χ4n) is 3.21. The van der Waals surface area contributed by atoms with Gasteiger partial charge in [-0.15, -0.1) is 0 Å². The molecular formula is C18H29N3O5S. The minimum Gasteiger partial charge on any atom is -0.497 e. The molecule has 2 rings (SSSR count). The Kier molecular flexibility index (Phi) is 7.46. The molecule has 0 aliphatic carbocycles. The van der Waals surface area contributed by atoms with Gasteiger partial charge in [0.2, 0.25) is 10.0 Å². The normalized spacial score (nSPS) is 16.8. The molecule has 8 nitrogen and oxygen atoms in total. The fourth-order valence-corrected chi connectivity index (χ4v) is 4.74. The highest BCUT2D eigenvalue weighted by Gasteiger charge is 2.39. The van der Waals surface area contributed by atoms with Gasteiger partial charge in [0.05, 0.1) is 12.0 Å². The van der Waals surface area contributed by atoms with Crippen LogP contribution in [0.4, 0.5) is 4.79 Å². The minimum atomic E-state index is -3.73. The van der Waals surface area contributed by atoms with Gasteiger partial charge in [-0.2, -0.15) is 0 Å².